The van der Waals surface area contributed by atoms with E-state index >= 15 is 0 Å². The number of carbonyl (C=O) groups is 3. The van der Waals surface area contributed by atoms with Gasteiger partial charge in [-0.25, -0.2) is 4.39 Å². The highest BCUT2D eigenvalue weighted by Crippen LogP contribution is 2.19. The van der Waals surface area contributed by atoms with Gasteiger partial charge in [-0.1, -0.05) is 42.5 Å². The quantitative estimate of drug-likeness (QED) is 0.444. The summed E-state index contributed by atoms with van der Waals surface area (Å²) in [7, 11) is 1.31. The third kappa shape index (κ3) is 5.76. The lowest BCUT2D eigenvalue weighted by molar-refractivity contribution is -0.141. The molecule has 0 aromatic heterocycles. The molecule has 0 fully saturated rings. The van der Waals surface area contributed by atoms with E-state index in [0.29, 0.717) is 5.56 Å². The fraction of sp³-hybridized carbons (Fsp3) is 0.125. The molecule has 158 valence electrons. The van der Waals surface area contributed by atoms with Crippen molar-refractivity contribution >= 4 is 17.7 Å². The minimum Gasteiger partial charge on any atom is -0.494 e. The molecular formula is C24H20FNO5. The minimum absolute atomic E-state index is 0.00746. The second kappa shape index (κ2) is 10.2. The maximum absolute atomic E-state index is 13.7. The van der Waals surface area contributed by atoms with Gasteiger partial charge in [-0.05, 0) is 41.5 Å². The van der Waals surface area contributed by atoms with Gasteiger partial charge in [-0.15, -0.1) is 0 Å². The van der Waals surface area contributed by atoms with E-state index in [2.05, 4.69) is 5.32 Å². The molecule has 6 nitrogen and oxygen atoms in total. The second-order valence-electron chi connectivity index (χ2n) is 6.56. The van der Waals surface area contributed by atoms with Crippen LogP contribution < -0.4 is 10.1 Å². The van der Waals surface area contributed by atoms with Crippen LogP contribution in [0.15, 0.2) is 72.8 Å². The highest BCUT2D eigenvalue weighted by atomic mass is 19.1. The minimum atomic E-state index is -0.781. The summed E-state index contributed by atoms with van der Waals surface area (Å²) >= 11 is 0. The second-order valence-corrected chi connectivity index (χ2v) is 6.56. The molecule has 0 aliphatic carbocycles. The van der Waals surface area contributed by atoms with Crippen LogP contribution in [0.5, 0.6) is 5.75 Å². The monoisotopic (exact) mass is 421 g/mol. The number of benzene rings is 3. The first-order valence-corrected chi connectivity index (χ1v) is 9.44. The zero-order valence-corrected chi connectivity index (χ0v) is 16.8. The van der Waals surface area contributed by atoms with Crippen LogP contribution >= 0.6 is 0 Å². The zero-order valence-electron chi connectivity index (χ0n) is 16.8. The summed E-state index contributed by atoms with van der Waals surface area (Å²) < 4.78 is 23.3. The molecule has 0 spiro atoms. The number of nitrogens with one attached hydrogen (secondary N) is 1. The topological polar surface area (TPSA) is 81.7 Å². The Balaban J connectivity index is 1.47. The molecule has 1 N–H and O–H groups in total. The Kier molecular flexibility index (Phi) is 7.11. The van der Waals surface area contributed by atoms with Gasteiger partial charge in [-0.2, -0.15) is 0 Å². The molecule has 3 rings (SSSR count). The number of ether oxygens (including phenoxy) is 2. The number of amides is 1. The molecule has 0 atom stereocenters. The maximum atomic E-state index is 13.7. The lowest BCUT2D eigenvalue weighted by Gasteiger charge is -2.08. The fourth-order valence-corrected chi connectivity index (χ4v) is 2.82. The van der Waals surface area contributed by atoms with Crippen LogP contribution in [0.2, 0.25) is 0 Å². The van der Waals surface area contributed by atoms with Crippen LogP contribution in [-0.2, 0) is 9.53 Å². The average Bonchev–Trinajstić information content (AvgIpc) is 2.81. The predicted molar refractivity (Wildman–Crippen MR) is 112 cm³/mol. The van der Waals surface area contributed by atoms with Crippen molar-refractivity contribution < 1.29 is 28.2 Å². The summed E-state index contributed by atoms with van der Waals surface area (Å²) in [6.45, 7) is -0.963. The van der Waals surface area contributed by atoms with Crippen molar-refractivity contribution in [3.05, 3.63) is 89.7 Å². The Morgan fingerprint density at radius 1 is 0.871 bits per heavy atom. The number of methoxy groups -OCH3 is 1. The molecule has 7 heteroatoms. The van der Waals surface area contributed by atoms with Gasteiger partial charge < -0.3 is 14.8 Å². The van der Waals surface area contributed by atoms with Crippen molar-refractivity contribution in [1.82, 2.24) is 5.32 Å². The van der Waals surface area contributed by atoms with E-state index in [4.69, 9.17) is 9.47 Å². The molecule has 0 radical (unpaired) electrons. The van der Waals surface area contributed by atoms with Crippen molar-refractivity contribution in [2.24, 2.45) is 0 Å². The van der Waals surface area contributed by atoms with E-state index < -0.39 is 36.6 Å². The smallest absolute Gasteiger partial charge is 0.325 e. The molecule has 0 aliphatic heterocycles. The van der Waals surface area contributed by atoms with E-state index in [9.17, 15) is 18.8 Å². The molecule has 0 saturated carbocycles. The van der Waals surface area contributed by atoms with E-state index in [1.54, 1.807) is 12.1 Å². The molecule has 0 saturated heterocycles. The van der Waals surface area contributed by atoms with Gasteiger partial charge in [0.25, 0.3) is 5.91 Å². The average molecular weight is 421 g/mol. The highest BCUT2D eigenvalue weighted by Gasteiger charge is 2.14. The number of esters is 1. The van der Waals surface area contributed by atoms with Gasteiger partial charge in [0.1, 0.15) is 6.54 Å². The SMILES string of the molecule is COc1ccc(C(=O)COC(=O)CNC(=O)c2ccc(-c3ccccc3)cc2)cc1F. The largest absolute Gasteiger partial charge is 0.494 e. The Bertz CT molecular complexity index is 1080. The van der Waals surface area contributed by atoms with E-state index in [0.717, 1.165) is 17.2 Å². The van der Waals surface area contributed by atoms with Crippen molar-refractivity contribution in [1.29, 1.82) is 0 Å². The van der Waals surface area contributed by atoms with Crippen LogP contribution in [0.3, 0.4) is 0 Å². The van der Waals surface area contributed by atoms with Crippen molar-refractivity contribution in [3.63, 3.8) is 0 Å². The van der Waals surface area contributed by atoms with Crippen LogP contribution in [0.4, 0.5) is 4.39 Å². The van der Waals surface area contributed by atoms with Gasteiger partial charge in [0.2, 0.25) is 0 Å². The Morgan fingerprint density at radius 2 is 1.52 bits per heavy atom. The first kappa shape index (κ1) is 21.7. The first-order chi connectivity index (χ1) is 15.0. The number of rotatable bonds is 8. The summed E-state index contributed by atoms with van der Waals surface area (Å²) in [4.78, 5) is 36.1. The van der Waals surface area contributed by atoms with Crippen LogP contribution in [-0.4, -0.2) is 37.9 Å². The Hall–Kier alpha value is -4.00. The van der Waals surface area contributed by atoms with Gasteiger partial charge >= 0.3 is 5.97 Å². The Labute approximate surface area is 178 Å². The molecular weight excluding hydrogens is 401 g/mol. The number of carbonyl (C=O) groups excluding carboxylic acids is 3. The molecule has 1 amide bonds. The third-order valence-corrected chi connectivity index (χ3v) is 4.49. The van der Waals surface area contributed by atoms with Crippen LogP contribution in [0.25, 0.3) is 11.1 Å². The number of Topliss-reactive ketones (excluding diaryl/α,β-unsaturated/α-hetero) is 1. The molecule has 3 aromatic carbocycles. The van der Waals surface area contributed by atoms with Gasteiger partial charge in [0.05, 0.1) is 7.11 Å². The zero-order chi connectivity index (χ0) is 22.2. The number of hydrogen-bond donors (Lipinski definition) is 1. The Morgan fingerprint density at radius 3 is 2.16 bits per heavy atom. The molecule has 3 aromatic rings. The predicted octanol–water partition coefficient (Wildman–Crippen LogP) is 3.66. The number of ketones is 1. The molecule has 0 unspecified atom stereocenters. The normalized spacial score (nSPS) is 10.3. The van der Waals surface area contributed by atoms with Gasteiger partial charge in [-0.3, -0.25) is 14.4 Å². The fourth-order valence-electron chi connectivity index (χ4n) is 2.82. The standard InChI is InChI=1S/C24H20FNO5/c1-30-22-12-11-19(13-20(22)25)21(27)15-31-23(28)14-26-24(29)18-9-7-17(8-10-18)16-5-3-2-4-6-16/h2-13H,14-15H2,1H3,(H,26,29). The van der Waals surface area contributed by atoms with Crippen molar-refractivity contribution in [3.8, 4) is 16.9 Å². The van der Waals surface area contributed by atoms with Gasteiger partial charge in [0.15, 0.2) is 24.0 Å². The van der Waals surface area contributed by atoms with E-state index in [-0.39, 0.29) is 11.3 Å². The molecule has 0 aliphatic rings. The summed E-state index contributed by atoms with van der Waals surface area (Å²) in [5, 5.41) is 2.44. The highest BCUT2D eigenvalue weighted by molar-refractivity contribution is 5.99. The summed E-state index contributed by atoms with van der Waals surface area (Å²) in [5.74, 6) is -2.48. The van der Waals surface area contributed by atoms with Crippen molar-refractivity contribution in [2.75, 3.05) is 20.3 Å². The number of hydrogen-bond acceptors (Lipinski definition) is 5. The first-order valence-electron chi connectivity index (χ1n) is 9.44. The number of halogens is 1. The van der Waals surface area contributed by atoms with Crippen LogP contribution in [0, 0.1) is 5.82 Å². The van der Waals surface area contributed by atoms with Gasteiger partial charge in [0, 0.05) is 11.1 Å². The summed E-state index contributed by atoms with van der Waals surface area (Å²) in [5.41, 5.74) is 2.43. The van der Waals surface area contributed by atoms with Crippen molar-refractivity contribution in [2.45, 2.75) is 0 Å². The third-order valence-electron chi connectivity index (χ3n) is 4.49. The molecule has 0 bridgehead atoms. The lowest BCUT2D eigenvalue weighted by atomic mass is 10.0. The molecule has 31 heavy (non-hydrogen) atoms. The van der Waals surface area contributed by atoms with Crippen LogP contribution in [0.1, 0.15) is 20.7 Å². The summed E-state index contributed by atoms with van der Waals surface area (Å²) in [6, 6.07) is 20.4. The maximum Gasteiger partial charge on any atom is 0.325 e. The van der Waals surface area contributed by atoms with E-state index in [1.165, 1.54) is 19.2 Å². The summed E-state index contributed by atoms with van der Waals surface area (Å²) in [6.07, 6.45) is 0. The van der Waals surface area contributed by atoms with E-state index in [1.807, 2.05) is 42.5 Å². The lowest BCUT2D eigenvalue weighted by Crippen LogP contribution is -2.31. The molecule has 0 heterocycles.